The second-order valence-electron chi connectivity index (χ2n) is 11.2. The summed E-state index contributed by atoms with van der Waals surface area (Å²) in [4.78, 5) is 45.9. The summed E-state index contributed by atoms with van der Waals surface area (Å²) in [6, 6.07) is 11.2. The molecule has 0 saturated carbocycles. The fourth-order valence-electron chi connectivity index (χ4n) is 4.40. The summed E-state index contributed by atoms with van der Waals surface area (Å²) >= 11 is 1.35. The average Bonchev–Trinajstić information content (AvgIpc) is 3.31. The fourth-order valence-corrected chi connectivity index (χ4v) is 5.46. The van der Waals surface area contributed by atoms with Crippen molar-refractivity contribution >= 4 is 35.2 Å². The highest BCUT2D eigenvalue weighted by Gasteiger charge is 2.34. The molecule has 0 spiro atoms. The van der Waals surface area contributed by atoms with Gasteiger partial charge in [-0.15, -0.1) is 11.8 Å². The summed E-state index contributed by atoms with van der Waals surface area (Å²) < 4.78 is 48.0. The molecule has 230 valence electrons. The molecule has 43 heavy (non-hydrogen) atoms. The molecular formula is C30H33F3N4O5S. The molecule has 1 aliphatic rings. The number of aryl methyl sites for hydroxylation is 1. The van der Waals surface area contributed by atoms with E-state index < -0.39 is 36.2 Å². The van der Waals surface area contributed by atoms with Gasteiger partial charge in [0.2, 0.25) is 11.7 Å². The van der Waals surface area contributed by atoms with E-state index >= 15 is 0 Å². The van der Waals surface area contributed by atoms with Gasteiger partial charge in [0.05, 0.1) is 12.2 Å². The summed E-state index contributed by atoms with van der Waals surface area (Å²) in [5.41, 5.74) is 1.49. The van der Waals surface area contributed by atoms with Crippen LogP contribution in [0.2, 0.25) is 0 Å². The maximum absolute atomic E-state index is 13.9. The lowest BCUT2D eigenvalue weighted by atomic mass is 10.0. The molecule has 0 bridgehead atoms. The van der Waals surface area contributed by atoms with Gasteiger partial charge in [0.25, 0.3) is 5.91 Å². The highest BCUT2D eigenvalue weighted by molar-refractivity contribution is 7.99. The maximum Gasteiger partial charge on any atom is 0.408 e. The number of halogens is 3. The van der Waals surface area contributed by atoms with E-state index in [1.807, 2.05) is 12.1 Å². The lowest BCUT2D eigenvalue weighted by Crippen LogP contribution is -2.50. The minimum atomic E-state index is -4.27. The molecule has 3 aromatic rings. The summed E-state index contributed by atoms with van der Waals surface area (Å²) in [6.07, 6.45) is -6.03. The molecule has 1 aromatic heterocycles. The van der Waals surface area contributed by atoms with E-state index in [0.29, 0.717) is 27.9 Å². The third kappa shape index (κ3) is 9.06. The maximum atomic E-state index is 13.9. The Kier molecular flexibility index (Phi) is 9.83. The number of alkyl halides is 3. The molecule has 4 rings (SSSR count). The normalized spacial score (nSPS) is 15.6. The van der Waals surface area contributed by atoms with Gasteiger partial charge < -0.3 is 19.5 Å². The van der Waals surface area contributed by atoms with Gasteiger partial charge in [-0.2, -0.15) is 18.2 Å². The second kappa shape index (κ2) is 13.2. The molecule has 0 saturated heterocycles. The molecule has 13 heteroatoms. The number of rotatable bonds is 9. The summed E-state index contributed by atoms with van der Waals surface area (Å²) in [5.74, 6) is 0.372. The number of anilines is 1. The monoisotopic (exact) mass is 618 g/mol. The number of thioether (sulfide) groups is 1. The van der Waals surface area contributed by atoms with E-state index in [2.05, 4.69) is 15.5 Å². The van der Waals surface area contributed by atoms with Crippen LogP contribution in [0.25, 0.3) is 11.4 Å². The Morgan fingerprint density at radius 1 is 1.12 bits per heavy atom. The highest BCUT2D eigenvalue weighted by Crippen LogP contribution is 2.37. The number of hydrogen-bond donors (Lipinski definition) is 1. The first-order valence-electron chi connectivity index (χ1n) is 13.8. The van der Waals surface area contributed by atoms with Crippen LogP contribution < -0.4 is 10.2 Å². The van der Waals surface area contributed by atoms with Crippen molar-refractivity contribution in [2.75, 3.05) is 10.7 Å². The van der Waals surface area contributed by atoms with Crippen LogP contribution in [0.15, 0.2) is 51.9 Å². The molecule has 1 atom stereocenters. The molecule has 2 heterocycles. The van der Waals surface area contributed by atoms with Crippen LogP contribution in [0.1, 0.15) is 68.3 Å². The van der Waals surface area contributed by atoms with Crippen molar-refractivity contribution in [3.05, 3.63) is 59.5 Å². The van der Waals surface area contributed by atoms with Crippen LogP contribution in [0.4, 0.5) is 23.7 Å². The van der Waals surface area contributed by atoms with Crippen LogP contribution >= 0.6 is 11.8 Å². The first-order chi connectivity index (χ1) is 20.2. The minimum Gasteiger partial charge on any atom is -0.444 e. The minimum absolute atomic E-state index is 0.0458. The van der Waals surface area contributed by atoms with Gasteiger partial charge >= 0.3 is 12.3 Å². The number of carbonyl (C=O) groups excluding carboxylic acids is 3. The molecular weight excluding hydrogens is 585 g/mol. The Labute approximate surface area is 251 Å². The number of Topliss-reactive ketones (excluding diaryl/α,β-unsaturated/α-hetero) is 1. The third-order valence-corrected chi connectivity index (χ3v) is 7.58. The van der Waals surface area contributed by atoms with Gasteiger partial charge in [0, 0.05) is 41.5 Å². The van der Waals surface area contributed by atoms with E-state index in [1.165, 1.54) is 16.7 Å². The standard InChI is InChI=1S/C30H33F3N4O5S/c1-18-34-26(36-42-18)20-10-8-19(9-11-20)16-37-23-15-21(24(38)7-5-6-14-30(31,32)33)12-13-25(23)43-17-22(27(37)39)35-28(40)41-29(2,3)4/h8-13,15,22H,5-7,14,16-17H2,1-4H3,(H,35,40)/t22-/m0/s1. The number of carbonyl (C=O) groups is 3. The lowest BCUT2D eigenvalue weighted by molar-refractivity contribution is -0.135. The topological polar surface area (TPSA) is 115 Å². The molecule has 9 nitrogen and oxygen atoms in total. The van der Waals surface area contributed by atoms with E-state index in [4.69, 9.17) is 9.26 Å². The van der Waals surface area contributed by atoms with Gasteiger partial charge in [0.15, 0.2) is 5.78 Å². The Morgan fingerprint density at radius 2 is 1.84 bits per heavy atom. The zero-order valence-electron chi connectivity index (χ0n) is 24.3. The zero-order chi connectivity index (χ0) is 31.4. The molecule has 2 aromatic carbocycles. The predicted molar refractivity (Wildman–Crippen MR) is 155 cm³/mol. The van der Waals surface area contributed by atoms with Crippen LogP contribution in [0.5, 0.6) is 0 Å². The average molecular weight is 619 g/mol. The molecule has 0 aliphatic carbocycles. The van der Waals surface area contributed by atoms with Gasteiger partial charge in [-0.3, -0.25) is 9.59 Å². The van der Waals surface area contributed by atoms with Crippen LogP contribution in [-0.2, 0) is 16.1 Å². The van der Waals surface area contributed by atoms with E-state index in [-0.39, 0.29) is 37.3 Å². The van der Waals surface area contributed by atoms with E-state index in [1.54, 1.807) is 58.0 Å². The Hall–Kier alpha value is -3.87. The lowest BCUT2D eigenvalue weighted by Gasteiger charge is -2.27. The number of ether oxygens (including phenoxy) is 1. The second-order valence-corrected chi connectivity index (χ2v) is 12.3. The highest BCUT2D eigenvalue weighted by atomic mass is 32.2. The quantitative estimate of drug-likeness (QED) is 0.204. The van der Waals surface area contributed by atoms with Crippen molar-refractivity contribution in [3.63, 3.8) is 0 Å². The number of benzene rings is 2. The Morgan fingerprint density at radius 3 is 2.47 bits per heavy atom. The first kappa shape index (κ1) is 32.1. The van der Waals surface area contributed by atoms with Crippen molar-refractivity contribution < 1.29 is 36.8 Å². The number of nitrogens with zero attached hydrogens (tertiary/aromatic N) is 3. The fraction of sp³-hybridized carbons (Fsp3) is 0.433. The first-order valence-corrected chi connectivity index (χ1v) is 14.7. The molecule has 1 N–H and O–H groups in total. The smallest absolute Gasteiger partial charge is 0.408 e. The number of unbranched alkanes of at least 4 members (excludes halogenated alkanes) is 1. The van der Waals surface area contributed by atoms with Crippen LogP contribution in [0.3, 0.4) is 0 Å². The number of ketones is 1. The number of amides is 2. The number of fused-ring (bicyclic) bond motifs is 1. The van der Waals surface area contributed by atoms with Crippen molar-refractivity contribution in [2.45, 2.75) is 82.6 Å². The summed E-state index contributed by atoms with van der Waals surface area (Å²) in [5, 5.41) is 6.59. The van der Waals surface area contributed by atoms with Crippen LogP contribution in [0, 0.1) is 6.92 Å². The van der Waals surface area contributed by atoms with Crippen molar-refractivity contribution in [3.8, 4) is 11.4 Å². The summed E-state index contributed by atoms with van der Waals surface area (Å²) in [6.45, 7) is 6.97. The summed E-state index contributed by atoms with van der Waals surface area (Å²) in [7, 11) is 0. The predicted octanol–water partition coefficient (Wildman–Crippen LogP) is 6.88. The number of aromatic nitrogens is 2. The molecule has 1 aliphatic heterocycles. The molecule has 0 fully saturated rings. The Balaban J connectivity index is 1.60. The molecule has 0 radical (unpaired) electrons. The third-order valence-electron chi connectivity index (χ3n) is 6.43. The van der Waals surface area contributed by atoms with Gasteiger partial charge in [-0.25, -0.2) is 4.79 Å². The van der Waals surface area contributed by atoms with Gasteiger partial charge in [-0.05, 0) is 51.3 Å². The van der Waals surface area contributed by atoms with Gasteiger partial charge in [-0.1, -0.05) is 35.5 Å². The number of alkyl carbamates (subject to hydrolysis) is 1. The van der Waals surface area contributed by atoms with Gasteiger partial charge in [0.1, 0.15) is 11.6 Å². The van der Waals surface area contributed by atoms with E-state index in [9.17, 15) is 27.6 Å². The SMILES string of the molecule is Cc1nc(-c2ccc(CN3C(=O)[C@@H](NC(=O)OC(C)(C)C)CSc4ccc(C(=O)CCCCC(F)(F)F)cc43)cc2)no1. The molecule has 2 amide bonds. The van der Waals surface area contributed by atoms with Crippen molar-refractivity contribution in [1.82, 2.24) is 15.5 Å². The molecule has 0 unspecified atom stereocenters. The van der Waals surface area contributed by atoms with E-state index in [0.717, 1.165) is 11.1 Å². The van der Waals surface area contributed by atoms with Crippen LogP contribution in [-0.4, -0.2) is 51.5 Å². The van der Waals surface area contributed by atoms with Crippen molar-refractivity contribution in [1.29, 1.82) is 0 Å². The Bertz CT molecular complexity index is 1470. The zero-order valence-corrected chi connectivity index (χ0v) is 25.1. The number of hydrogen-bond acceptors (Lipinski definition) is 8. The largest absolute Gasteiger partial charge is 0.444 e. The van der Waals surface area contributed by atoms with Crippen molar-refractivity contribution in [2.24, 2.45) is 0 Å². The number of nitrogens with one attached hydrogen (secondary N) is 1.